The first-order valence-electron chi connectivity index (χ1n) is 7.75. The Morgan fingerprint density at radius 2 is 2.24 bits per heavy atom. The van der Waals surface area contributed by atoms with E-state index in [0.29, 0.717) is 6.61 Å². The van der Waals surface area contributed by atoms with Crippen LogP contribution in [0, 0.1) is 0 Å². The zero-order valence-electron chi connectivity index (χ0n) is 13.4. The van der Waals surface area contributed by atoms with Crippen molar-refractivity contribution in [1.29, 1.82) is 0 Å². The minimum Gasteiger partial charge on any atom is -0.491 e. The maximum absolute atomic E-state index is 6.05. The first-order chi connectivity index (χ1) is 9.91. The summed E-state index contributed by atoms with van der Waals surface area (Å²) in [6, 6.07) is 6.45. The Morgan fingerprint density at radius 3 is 2.86 bits per heavy atom. The Kier molecular flexibility index (Phi) is 5.69. The molecule has 1 heterocycles. The Hall–Kier alpha value is -0.580. The minimum atomic E-state index is -0.00632. The molecule has 0 spiro atoms. The second-order valence-electron chi connectivity index (χ2n) is 6.31. The lowest BCUT2D eigenvalue weighted by Gasteiger charge is -2.21. The van der Waals surface area contributed by atoms with Gasteiger partial charge in [-0.25, -0.2) is 0 Å². The van der Waals surface area contributed by atoms with E-state index in [9.17, 15) is 0 Å². The van der Waals surface area contributed by atoms with Crippen LogP contribution in [0.3, 0.4) is 0 Å². The Bertz CT molecular complexity index is 476. The molecule has 0 radical (unpaired) electrons. The molecule has 1 saturated heterocycles. The molecule has 2 rings (SSSR count). The molecule has 1 aromatic carbocycles. The van der Waals surface area contributed by atoms with Crippen molar-refractivity contribution in [3.8, 4) is 5.75 Å². The molecule has 0 aliphatic carbocycles. The molecule has 2 unspecified atom stereocenters. The van der Waals surface area contributed by atoms with Crippen molar-refractivity contribution < 1.29 is 9.47 Å². The van der Waals surface area contributed by atoms with Gasteiger partial charge in [0, 0.05) is 16.1 Å². The molecule has 2 atom stereocenters. The Balaban J connectivity index is 2.02. The average molecular weight is 356 g/mol. The van der Waals surface area contributed by atoms with Gasteiger partial charge in [-0.15, -0.1) is 0 Å². The summed E-state index contributed by atoms with van der Waals surface area (Å²) in [6.07, 6.45) is 2.37. The summed E-state index contributed by atoms with van der Waals surface area (Å²) in [7, 11) is 0. The summed E-state index contributed by atoms with van der Waals surface area (Å²) < 4.78 is 13.1. The van der Waals surface area contributed by atoms with Crippen LogP contribution in [0.2, 0.25) is 0 Å². The predicted molar refractivity (Wildman–Crippen MR) is 89.9 cm³/mol. The summed E-state index contributed by atoms with van der Waals surface area (Å²) >= 11 is 3.54. The largest absolute Gasteiger partial charge is 0.491 e. The lowest BCUT2D eigenvalue weighted by molar-refractivity contribution is -0.0328. The van der Waals surface area contributed by atoms with E-state index in [-0.39, 0.29) is 17.7 Å². The number of rotatable bonds is 6. The van der Waals surface area contributed by atoms with Crippen molar-refractivity contribution in [1.82, 2.24) is 5.32 Å². The van der Waals surface area contributed by atoms with E-state index in [2.05, 4.69) is 55.0 Å². The van der Waals surface area contributed by atoms with Crippen LogP contribution in [0.25, 0.3) is 0 Å². The third-order valence-corrected chi connectivity index (χ3v) is 4.42. The highest BCUT2D eigenvalue weighted by atomic mass is 79.9. The summed E-state index contributed by atoms with van der Waals surface area (Å²) in [4.78, 5) is 0. The van der Waals surface area contributed by atoms with E-state index in [1.54, 1.807) is 0 Å². The topological polar surface area (TPSA) is 30.5 Å². The molecule has 1 aliphatic heterocycles. The number of benzene rings is 1. The SMILES string of the molecule is CCNC(C)c1cc(Br)ccc1OCC1CCC(C)(C)O1. The van der Waals surface area contributed by atoms with Crippen LogP contribution in [0.5, 0.6) is 5.75 Å². The fraction of sp³-hybridized carbons (Fsp3) is 0.647. The Labute approximate surface area is 136 Å². The lowest BCUT2D eigenvalue weighted by atomic mass is 10.1. The van der Waals surface area contributed by atoms with Crippen LogP contribution >= 0.6 is 15.9 Å². The van der Waals surface area contributed by atoms with Gasteiger partial charge in [-0.3, -0.25) is 0 Å². The van der Waals surface area contributed by atoms with Gasteiger partial charge in [-0.1, -0.05) is 22.9 Å². The van der Waals surface area contributed by atoms with Crippen LogP contribution in [0.15, 0.2) is 22.7 Å². The molecule has 1 N–H and O–H groups in total. The van der Waals surface area contributed by atoms with Crippen molar-refractivity contribution in [2.75, 3.05) is 13.2 Å². The van der Waals surface area contributed by atoms with Crippen LogP contribution in [0.1, 0.15) is 52.1 Å². The van der Waals surface area contributed by atoms with Gasteiger partial charge in [-0.2, -0.15) is 0 Å². The highest BCUT2D eigenvalue weighted by Gasteiger charge is 2.32. The van der Waals surface area contributed by atoms with E-state index in [1.807, 2.05) is 12.1 Å². The number of hydrogen-bond donors (Lipinski definition) is 1. The quantitative estimate of drug-likeness (QED) is 0.817. The first-order valence-corrected chi connectivity index (χ1v) is 8.54. The highest BCUT2D eigenvalue weighted by molar-refractivity contribution is 9.10. The van der Waals surface area contributed by atoms with E-state index < -0.39 is 0 Å². The fourth-order valence-electron chi connectivity index (χ4n) is 2.78. The second-order valence-corrected chi connectivity index (χ2v) is 7.23. The number of nitrogens with one attached hydrogen (secondary N) is 1. The lowest BCUT2D eigenvalue weighted by Crippen LogP contribution is -2.24. The zero-order chi connectivity index (χ0) is 15.5. The molecular weight excluding hydrogens is 330 g/mol. The van der Waals surface area contributed by atoms with Crippen LogP contribution in [0.4, 0.5) is 0 Å². The van der Waals surface area contributed by atoms with Gasteiger partial charge in [0.1, 0.15) is 12.4 Å². The number of halogens is 1. The van der Waals surface area contributed by atoms with Crippen molar-refractivity contribution in [3.63, 3.8) is 0 Å². The summed E-state index contributed by atoms with van der Waals surface area (Å²) in [5, 5.41) is 3.44. The van der Waals surface area contributed by atoms with Crippen LogP contribution in [-0.2, 0) is 4.74 Å². The molecule has 4 heteroatoms. The normalized spacial score (nSPS) is 22.2. The van der Waals surface area contributed by atoms with E-state index in [1.165, 1.54) is 5.56 Å². The van der Waals surface area contributed by atoms with Crippen molar-refractivity contribution in [2.24, 2.45) is 0 Å². The smallest absolute Gasteiger partial charge is 0.124 e. The van der Waals surface area contributed by atoms with Gasteiger partial charge in [0.25, 0.3) is 0 Å². The van der Waals surface area contributed by atoms with Gasteiger partial charge < -0.3 is 14.8 Å². The van der Waals surface area contributed by atoms with Crippen LogP contribution in [-0.4, -0.2) is 24.9 Å². The molecule has 0 saturated carbocycles. The van der Waals surface area contributed by atoms with E-state index >= 15 is 0 Å². The first kappa shape index (κ1) is 16.8. The molecule has 0 bridgehead atoms. The van der Waals surface area contributed by atoms with Gasteiger partial charge in [0.15, 0.2) is 0 Å². The van der Waals surface area contributed by atoms with Gasteiger partial charge in [-0.05, 0) is 58.4 Å². The van der Waals surface area contributed by atoms with Crippen LogP contribution < -0.4 is 10.1 Å². The molecular formula is C17H26BrNO2. The number of hydrogen-bond acceptors (Lipinski definition) is 3. The van der Waals surface area contributed by atoms with Gasteiger partial charge in [0.2, 0.25) is 0 Å². The number of ether oxygens (including phenoxy) is 2. The molecule has 0 aromatic heterocycles. The van der Waals surface area contributed by atoms with Crippen molar-refractivity contribution >= 4 is 15.9 Å². The molecule has 0 amide bonds. The van der Waals surface area contributed by atoms with Crippen molar-refractivity contribution in [2.45, 2.75) is 58.3 Å². The van der Waals surface area contributed by atoms with E-state index in [4.69, 9.17) is 9.47 Å². The standard InChI is InChI=1S/C17H26BrNO2/c1-5-19-12(2)15-10-13(18)6-7-16(15)20-11-14-8-9-17(3,4)21-14/h6-7,10,12,14,19H,5,8-9,11H2,1-4H3. The molecule has 3 nitrogen and oxygen atoms in total. The maximum atomic E-state index is 6.05. The van der Waals surface area contributed by atoms with Crippen molar-refractivity contribution in [3.05, 3.63) is 28.2 Å². The predicted octanol–water partition coefficient (Wildman–Crippen LogP) is 4.46. The highest BCUT2D eigenvalue weighted by Crippen LogP contribution is 2.32. The summed E-state index contributed by atoms with van der Waals surface area (Å²) in [6.45, 7) is 10.1. The van der Waals surface area contributed by atoms with E-state index in [0.717, 1.165) is 29.6 Å². The molecule has 1 aromatic rings. The molecule has 1 fully saturated rings. The Morgan fingerprint density at radius 1 is 1.48 bits per heavy atom. The third kappa shape index (κ3) is 4.70. The second kappa shape index (κ2) is 7.12. The summed E-state index contributed by atoms with van der Waals surface area (Å²) in [5.41, 5.74) is 1.18. The maximum Gasteiger partial charge on any atom is 0.124 e. The average Bonchev–Trinajstić information content (AvgIpc) is 2.77. The monoisotopic (exact) mass is 355 g/mol. The fourth-order valence-corrected chi connectivity index (χ4v) is 3.16. The summed E-state index contributed by atoms with van der Waals surface area (Å²) in [5.74, 6) is 0.944. The minimum absolute atomic E-state index is 0.00632. The zero-order valence-corrected chi connectivity index (χ0v) is 15.0. The molecule has 1 aliphatic rings. The van der Waals surface area contributed by atoms with Gasteiger partial charge >= 0.3 is 0 Å². The molecule has 21 heavy (non-hydrogen) atoms. The third-order valence-electron chi connectivity index (χ3n) is 3.93. The molecule has 118 valence electrons. The van der Waals surface area contributed by atoms with Gasteiger partial charge in [0.05, 0.1) is 11.7 Å².